The first-order valence-electron chi connectivity index (χ1n) is 12.3. The molecule has 0 atom stereocenters. The lowest BCUT2D eigenvalue weighted by molar-refractivity contribution is 0.202. The van der Waals surface area contributed by atoms with Gasteiger partial charge in [0.1, 0.15) is 17.9 Å². The third-order valence-electron chi connectivity index (χ3n) is 6.83. The Balaban J connectivity index is 1.15. The van der Waals surface area contributed by atoms with E-state index in [0.717, 1.165) is 28.0 Å². The molecule has 2 amide bonds. The number of hydrogen-bond acceptors (Lipinski definition) is 6. The molecule has 0 bridgehead atoms. The second-order valence-corrected chi connectivity index (χ2v) is 9.04. The fourth-order valence-corrected chi connectivity index (χ4v) is 4.83. The smallest absolute Gasteiger partial charge is 0.317 e. The largest absolute Gasteiger partial charge is 0.493 e. The fourth-order valence-electron chi connectivity index (χ4n) is 4.83. The molecule has 4 aromatic rings. The van der Waals surface area contributed by atoms with Crippen molar-refractivity contribution in [3.05, 3.63) is 89.1 Å². The predicted octanol–water partition coefficient (Wildman–Crippen LogP) is 3.81. The number of ether oxygens (including phenoxy) is 1. The number of urea groups is 1. The van der Waals surface area contributed by atoms with Crippen molar-refractivity contribution in [3.8, 4) is 5.75 Å². The lowest BCUT2D eigenvalue weighted by Gasteiger charge is -2.27. The van der Waals surface area contributed by atoms with Gasteiger partial charge in [-0.1, -0.05) is 36.4 Å². The van der Waals surface area contributed by atoms with E-state index in [1.54, 1.807) is 27.9 Å². The van der Waals surface area contributed by atoms with Crippen LogP contribution < -0.4 is 15.4 Å². The number of halogens is 1. The maximum absolute atomic E-state index is 14.5. The molecule has 2 aromatic heterocycles. The van der Waals surface area contributed by atoms with Crippen LogP contribution >= 0.6 is 0 Å². The third kappa shape index (κ3) is 4.57. The summed E-state index contributed by atoms with van der Waals surface area (Å²) in [5.74, 6) is 0.999. The predicted molar refractivity (Wildman–Crippen MR) is 137 cm³/mol. The van der Waals surface area contributed by atoms with Gasteiger partial charge >= 0.3 is 6.03 Å². The average molecular weight is 500 g/mol. The van der Waals surface area contributed by atoms with E-state index in [0.29, 0.717) is 56.2 Å². The van der Waals surface area contributed by atoms with Crippen molar-refractivity contribution in [2.75, 3.05) is 25.0 Å². The molecular formula is C27H26FN7O2. The molecule has 4 heterocycles. The second-order valence-electron chi connectivity index (χ2n) is 9.04. The van der Waals surface area contributed by atoms with Gasteiger partial charge in [0.25, 0.3) is 0 Å². The number of rotatable bonds is 6. The van der Waals surface area contributed by atoms with Crippen LogP contribution in [0.3, 0.4) is 0 Å². The summed E-state index contributed by atoms with van der Waals surface area (Å²) in [5.41, 5.74) is 5.14. The molecule has 0 saturated heterocycles. The quantitative estimate of drug-likeness (QED) is 0.419. The Hall–Kier alpha value is -4.47. The zero-order valence-electron chi connectivity index (χ0n) is 20.2. The van der Waals surface area contributed by atoms with Crippen LogP contribution in [0.1, 0.15) is 28.7 Å². The van der Waals surface area contributed by atoms with E-state index < -0.39 is 0 Å². The summed E-state index contributed by atoms with van der Waals surface area (Å²) in [6.45, 7) is 2.42. The number of carbonyl (C=O) groups excluding carboxylic acids is 1. The number of hydrogen-bond donors (Lipinski definition) is 2. The number of anilines is 1. The minimum Gasteiger partial charge on any atom is -0.493 e. The molecule has 0 spiro atoms. The Labute approximate surface area is 213 Å². The van der Waals surface area contributed by atoms with Crippen LogP contribution in [0, 0.1) is 5.82 Å². The lowest BCUT2D eigenvalue weighted by atomic mass is 10.0. The number of nitrogens with zero attached hydrogens (tertiary/aromatic N) is 5. The molecule has 0 unspecified atom stereocenters. The molecule has 9 nitrogen and oxygen atoms in total. The molecular weight excluding hydrogens is 473 g/mol. The van der Waals surface area contributed by atoms with Gasteiger partial charge in [-0.3, -0.25) is 4.40 Å². The molecule has 2 aliphatic heterocycles. The highest BCUT2D eigenvalue weighted by molar-refractivity contribution is 5.80. The van der Waals surface area contributed by atoms with E-state index >= 15 is 0 Å². The van der Waals surface area contributed by atoms with E-state index in [1.165, 1.54) is 6.07 Å². The van der Waals surface area contributed by atoms with Gasteiger partial charge in [0.2, 0.25) is 5.95 Å². The van der Waals surface area contributed by atoms with Crippen molar-refractivity contribution in [2.24, 2.45) is 0 Å². The lowest BCUT2D eigenvalue weighted by Crippen LogP contribution is -2.41. The summed E-state index contributed by atoms with van der Waals surface area (Å²) < 4.78 is 21.9. The third-order valence-corrected chi connectivity index (χ3v) is 6.83. The van der Waals surface area contributed by atoms with Gasteiger partial charge in [-0.25, -0.2) is 14.2 Å². The summed E-state index contributed by atoms with van der Waals surface area (Å²) in [4.78, 5) is 19.0. The van der Waals surface area contributed by atoms with E-state index in [9.17, 15) is 9.18 Å². The van der Waals surface area contributed by atoms with Crippen molar-refractivity contribution >= 4 is 23.2 Å². The topological polar surface area (TPSA) is 96.7 Å². The molecule has 37 heavy (non-hydrogen) atoms. The molecule has 2 aromatic carbocycles. The van der Waals surface area contributed by atoms with Crippen LogP contribution in [0.2, 0.25) is 0 Å². The van der Waals surface area contributed by atoms with E-state index in [1.807, 2.05) is 36.4 Å². The highest BCUT2D eigenvalue weighted by Gasteiger charge is 2.22. The molecule has 188 valence electrons. The number of carbonyl (C=O) groups is 1. The highest BCUT2D eigenvalue weighted by Crippen LogP contribution is 2.31. The Morgan fingerprint density at radius 2 is 2.00 bits per heavy atom. The van der Waals surface area contributed by atoms with Crippen LogP contribution in [0.4, 0.5) is 15.1 Å². The zero-order valence-corrected chi connectivity index (χ0v) is 20.2. The van der Waals surface area contributed by atoms with Crippen LogP contribution in [0.25, 0.3) is 11.2 Å². The maximum Gasteiger partial charge on any atom is 0.317 e. The normalized spacial score (nSPS) is 14.7. The molecule has 2 N–H and O–H groups in total. The average Bonchev–Trinajstić information content (AvgIpc) is 3.62. The number of aromatic nitrogens is 4. The molecule has 2 aliphatic rings. The Morgan fingerprint density at radius 1 is 1.11 bits per heavy atom. The summed E-state index contributed by atoms with van der Waals surface area (Å²) in [6.07, 6.45) is 6.76. The number of fused-ring (bicyclic) bond motifs is 2. The maximum atomic E-state index is 14.5. The van der Waals surface area contributed by atoms with Gasteiger partial charge < -0.3 is 20.3 Å². The first-order chi connectivity index (χ1) is 18.2. The van der Waals surface area contributed by atoms with E-state index in [-0.39, 0.29) is 18.4 Å². The highest BCUT2D eigenvalue weighted by atomic mass is 19.1. The zero-order chi connectivity index (χ0) is 25.2. The van der Waals surface area contributed by atoms with Crippen LogP contribution in [-0.2, 0) is 19.5 Å². The Kier molecular flexibility index (Phi) is 6.13. The summed E-state index contributed by atoms with van der Waals surface area (Å²) in [7, 11) is 0. The Bertz CT molecular complexity index is 1490. The number of benzene rings is 2. The molecule has 6 rings (SSSR count). The van der Waals surface area contributed by atoms with Crippen molar-refractivity contribution in [1.82, 2.24) is 29.8 Å². The Morgan fingerprint density at radius 3 is 2.84 bits per heavy atom. The number of amides is 2. The van der Waals surface area contributed by atoms with Crippen LogP contribution in [0.5, 0.6) is 5.75 Å². The summed E-state index contributed by atoms with van der Waals surface area (Å²) in [6, 6.07) is 12.9. The fraction of sp³-hybridized carbons (Fsp3) is 0.259. The SMILES string of the molecule is O=C(NCc1ccccc1)N1CC=C(c2cnc(NCc3c(F)ccc4c3CCO4)n3cnnc23)CC1. The van der Waals surface area contributed by atoms with Gasteiger partial charge in [0.05, 0.1) is 6.61 Å². The molecule has 0 fully saturated rings. The minimum atomic E-state index is -0.266. The van der Waals surface area contributed by atoms with Crippen molar-refractivity contribution < 1.29 is 13.9 Å². The molecule has 0 saturated carbocycles. The van der Waals surface area contributed by atoms with Gasteiger partial charge in [-0.2, -0.15) is 0 Å². The van der Waals surface area contributed by atoms with Gasteiger partial charge in [-0.15, -0.1) is 10.2 Å². The van der Waals surface area contributed by atoms with Gasteiger partial charge in [0.15, 0.2) is 5.65 Å². The monoisotopic (exact) mass is 499 g/mol. The molecule has 0 radical (unpaired) electrons. The van der Waals surface area contributed by atoms with Crippen LogP contribution in [-0.4, -0.2) is 50.2 Å². The van der Waals surface area contributed by atoms with Gasteiger partial charge in [-0.05, 0) is 29.7 Å². The van der Waals surface area contributed by atoms with E-state index in [2.05, 4.69) is 25.8 Å². The molecule has 10 heteroatoms. The van der Waals surface area contributed by atoms with Crippen LogP contribution in [0.15, 0.2) is 61.1 Å². The summed E-state index contributed by atoms with van der Waals surface area (Å²) in [5, 5.41) is 14.6. The first-order valence-corrected chi connectivity index (χ1v) is 12.3. The van der Waals surface area contributed by atoms with Crippen molar-refractivity contribution in [2.45, 2.75) is 25.9 Å². The standard InChI is InChI=1S/C27H26FN7O2/c28-23-6-7-24-20(10-13-37-24)22(23)16-30-26-29-15-21(25-33-32-17-35(25)26)19-8-11-34(12-9-19)27(36)31-14-18-4-2-1-3-5-18/h1-8,15,17H,9-14,16H2,(H,29,30)(H,31,36). The minimum absolute atomic E-state index is 0.0884. The second kappa shape index (κ2) is 9.88. The molecule has 0 aliphatic carbocycles. The first kappa shape index (κ1) is 23.0. The summed E-state index contributed by atoms with van der Waals surface area (Å²) >= 11 is 0. The van der Waals surface area contributed by atoms with Gasteiger partial charge in [0, 0.05) is 55.5 Å². The van der Waals surface area contributed by atoms with Crippen molar-refractivity contribution in [3.63, 3.8) is 0 Å². The van der Waals surface area contributed by atoms with Crippen molar-refractivity contribution in [1.29, 1.82) is 0 Å². The number of nitrogens with one attached hydrogen (secondary N) is 2. The van der Waals surface area contributed by atoms with E-state index in [4.69, 9.17) is 4.74 Å².